The van der Waals surface area contributed by atoms with Crippen molar-refractivity contribution in [2.24, 2.45) is 0 Å². The van der Waals surface area contributed by atoms with Gasteiger partial charge >= 0.3 is 0 Å². The lowest BCUT2D eigenvalue weighted by Gasteiger charge is -2.21. The number of amides is 1. The van der Waals surface area contributed by atoms with Gasteiger partial charge in [0.1, 0.15) is 5.75 Å². The van der Waals surface area contributed by atoms with Crippen LogP contribution >= 0.6 is 11.6 Å². The lowest BCUT2D eigenvalue weighted by molar-refractivity contribution is 0.102. The lowest BCUT2D eigenvalue weighted by Crippen LogP contribution is -2.14. The zero-order valence-electron chi connectivity index (χ0n) is 15.0. The van der Waals surface area contributed by atoms with E-state index >= 15 is 0 Å². The molecule has 140 valence electrons. The molecule has 7 nitrogen and oxygen atoms in total. The topological polar surface area (TPSA) is 81.9 Å². The molecule has 0 radical (unpaired) electrons. The van der Waals surface area contributed by atoms with Gasteiger partial charge in [-0.05, 0) is 25.0 Å². The largest absolute Gasteiger partial charge is 0.494 e. The van der Waals surface area contributed by atoms with Crippen LogP contribution in [0.15, 0.2) is 30.6 Å². The number of rotatable bonds is 4. The first-order chi connectivity index (χ1) is 13.1. The fourth-order valence-electron chi connectivity index (χ4n) is 3.51. The van der Waals surface area contributed by atoms with Gasteiger partial charge in [-0.2, -0.15) is 10.2 Å². The smallest absolute Gasteiger partial charge is 0.276 e. The highest BCUT2D eigenvalue weighted by Gasteiger charge is 2.18. The van der Waals surface area contributed by atoms with E-state index in [0.29, 0.717) is 22.5 Å². The molecule has 1 amide bonds. The number of nitrogens with one attached hydrogen (secondary N) is 1. The first-order valence-electron chi connectivity index (χ1n) is 9.00. The fraction of sp³-hybridized carbons (Fsp3) is 0.368. The van der Waals surface area contributed by atoms with Gasteiger partial charge in [0.25, 0.3) is 5.91 Å². The Morgan fingerprint density at radius 2 is 2.07 bits per heavy atom. The van der Waals surface area contributed by atoms with Gasteiger partial charge in [-0.3, -0.25) is 9.48 Å². The molecular weight excluding hydrogens is 366 g/mol. The van der Waals surface area contributed by atoms with Crippen LogP contribution in [0.3, 0.4) is 0 Å². The molecule has 2 heterocycles. The van der Waals surface area contributed by atoms with Crippen molar-refractivity contribution in [1.82, 2.24) is 20.0 Å². The monoisotopic (exact) mass is 385 g/mol. The molecule has 8 heteroatoms. The van der Waals surface area contributed by atoms with Crippen molar-refractivity contribution < 1.29 is 9.53 Å². The average Bonchev–Trinajstić information content (AvgIpc) is 3.11. The molecule has 2 aromatic heterocycles. The number of carbonyl (C=O) groups excluding carboxylic acids is 1. The van der Waals surface area contributed by atoms with Gasteiger partial charge in [0.2, 0.25) is 0 Å². The van der Waals surface area contributed by atoms with E-state index in [1.807, 2.05) is 18.3 Å². The van der Waals surface area contributed by atoms with E-state index in [1.54, 1.807) is 7.11 Å². The molecule has 0 bridgehead atoms. The quantitative estimate of drug-likeness (QED) is 0.726. The summed E-state index contributed by atoms with van der Waals surface area (Å²) in [4.78, 5) is 12.5. The SMILES string of the molecule is COc1cc2nn(C3CCCCC3)cc2cc1NC(=O)c1cc(Cl)cnn1. The summed E-state index contributed by atoms with van der Waals surface area (Å²) in [5.41, 5.74) is 1.54. The number of hydrogen-bond acceptors (Lipinski definition) is 5. The van der Waals surface area contributed by atoms with Crippen LogP contribution in [0.5, 0.6) is 5.75 Å². The van der Waals surface area contributed by atoms with E-state index in [0.717, 1.165) is 23.7 Å². The number of methoxy groups -OCH3 is 1. The minimum absolute atomic E-state index is 0.141. The Bertz CT molecular complexity index is 981. The molecule has 1 fully saturated rings. The summed E-state index contributed by atoms with van der Waals surface area (Å²) < 4.78 is 7.50. The fourth-order valence-corrected chi connectivity index (χ4v) is 3.66. The summed E-state index contributed by atoms with van der Waals surface area (Å²) in [5.74, 6) is 0.141. The first-order valence-corrected chi connectivity index (χ1v) is 9.38. The summed E-state index contributed by atoms with van der Waals surface area (Å²) in [6.07, 6.45) is 9.51. The molecule has 1 aromatic carbocycles. The van der Waals surface area contributed by atoms with Gasteiger partial charge in [0.05, 0.1) is 35.6 Å². The molecule has 0 unspecified atom stereocenters. The van der Waals surface area contributed by atoms with Crippen LogP contribution in [-0.2, 0) is 0 Å². The molecule has 4 rings (SSSR count). The number of fused-ring (bicyclic) bond motifs is 1. The van der Waals surface area contributed by atoms with E-state index in [2.05, 4.69) is 20.2 Å². The molecule has 1 aliphatic carbocycles. The Morgan fingerprint density at radius 1 is 1.26 bits per heavy atom. The third kappa shape index (κ3) is 3.73. The maximum atomic E-state index is 12.5. The molecule has 1 saturated carbocycles. The van der Waals surface area contributed by atoms with Gasteiger partial charge in [0, 0.05) is 17.6 Å². The summed E-state index contributed by atoms with van der Waals surface area (Å²) in [7, 11) is 1.56. The molecule has 3 aromatic rings. The van der Waals surface area contributed by atoms with Crippen LogP contribution in [-0.4, -0.2) is 33.0 Å². The van der Waals surface area contributed by atoms with Crippen molar-refractivity contribution >= 4 is 34.1 Å². The van der Waals surface area contributed by atoms with Crippen molar-refractivity contribution in [1.29, 1.82) is 0 Å². The van der Waals surface area contributed by atoms with Gasteiger partial charge in [-0.15, -0.1) is 5.10 Å². The Morgan fingerprint density at radius 3 is 2.81 bits per heavy atom. The maximum Gasteiger partial charge on any atom is 0.276 e. The lowest BCUT2D eigenvalue weighted by atomic mass is 9.96. The number of ether oxygens (including phenoxy) is 1. The Labute approximate surface area is 161 Å². The van der Waals surface area contributed by atoms with Crippen molar-refractivity contribution in [2.45, 2.75) is 38.1 Å². The third-order valence-electron chi connectivity index (χ3n) is 4.89. The normalized spacial score (nSPS) is 15.0. The van der Waals surface area contributed by atoms with Crippen LogP contribution in [0.4, 0.5) is 5.69 Å². The molecule has 0 atom stereocenters. The number of halogens is 1. The summed E-state index contributed by atoms with van der Waals surface area (Å²) >= 11 is 5.89. The number of nitrogens with zero attached hydrogens (tertiary/aromatic N) is 4. The minimum atomic E-state index is -0.401. The highest BCUT2D eigenvalue weighted by atomic mass is 35.5. The first kappa shape index (κ1) is 17.7. The van der Waals surface area contributed by atoms with Crippen LogP contribution < -0.4 is 10.1 Å². The van der Waals surface area contributed by atoms with Crippen LogP contribution in [0.2, 0.25) is 5.02 Å². The summed E-state index contributed by atoms with van der Waals surface area (Å²) in [6, 6.07) is 5.62. The van der Waals surface area contributed by atoms with Gasteiger partial charge in [-0.25, -0.2) is 0 Å². The predicted octanol–water partition coefficient (Wildman–Crippen LogP) is 4.25. The highest BCUT2D eigenvalue weighted by Crippen LogP contribution is 2.33. The number of benzene rings is 1. The zero-order valence-corrected chi connectivity index (χ0v) is 15.7. The van der Waals surface area contributed by atoms with Crippen LogP contribution in [0.1, 0.15) is 48.6 Å². The van der Waals surface area contributed by atoms with Crippen molar-refractivity contribution in [3.05, 3.63) is 41.3 Å². The molecule has 27 heavy (non-hydrogen) atoms. The predicted molar refractivity (Wildman–Crippen MR) is 103 cm³/mol. The second-order valence-corrected chi connectivity index (χ2v) is 7.16. The van der Waals surface area contributed by atoms with Crippen molar-refractivity contribution in [2.75, 3.05) is 12.4 Å². The third-order valence-corrected chi connectivity index (χ3v) is 5.10. The van der Waals surface area contributed by atoms with Crippen molar-refractivity contribution in [3.63, 3.8) is 0 Å². The molecule has 1 N–H and O–H groups in total. The van der Waals surface area contributed by atoms with E-state index in [9.17, 15) is 4.79 Å². The Balaban J connectivity index is 1.64. The van der Waals surface area contributed by atoms with E-state index in [4.69, 9.17) is 21.4 Å². The molecule has 0 spiro atoms. The standard InChI is InChI=1S/C19H20ClN5O2/c1-27-18-9-15-12(11-25(24-15)14-5-3-2-4-6-14)7-16(18)22-19(26)17-8-13(20)10-21-23-17/h7-11,14H,2-6H2,1H3,(H,22,26). The molecular formula is C19H20ClN5O2. The van der Waals surface area contributed by atoms with Crippen LogP contribution in [0.25, 0.3) is 10.9 Å². The number of carbonyl (C=O) groups is 1. The maximum absolute atomic E-state index is 12.5. The highest BCUT2D eigenvalue weighted by molar-refractivity contribution is 6.30. The zero-order chi connectivity index (χ0) is 18.8. The number of anilines is 1. The molecule has 1 aliphatic rings. The summed E-state index contributed by atoms with van der Waals surface area (Å²) in [5, 5.41) is 16.4. The van der Waals surface area contributed by atoms with E-state index in [-0.39, 0.29) is 5.69 Å². The van der Waals surface area contributed by atoms with Gasteiger partial charge < -0.3 is 10.1 Å². The number of aromatic nitrogens is 4. The molecule has 0 aliphatic heterocycles. The second kappa shape index (κ2) is 7.52. The minimum Gasteiger partial charge on any atom is -0.494 e. The molecule has 0 saturated heterocycles. The summed E-state index contributed by atoms with van der Waals surface area (Å²) in [6.45, 7) is 0. The number of hydrogen-bond donors (Lipinski definition) is 1. The average molecular weight is 386 g/mol. The van der Waals surface area contributed by atoms with Gasteiger partial charge in [0.15, 0.2) is 5.69 Å². The van der Waals surface area contributed by atoms with Crippen molar-refractivity contribution in [3.8, 4) is 5.75 Å². The van der Waals surface area contributed by atoms with Gasteiger partial charge in [-0.1, -0.05) is 30.9 Å². The van der Waals surface area contributed by atoms with E-state index in [1.165, 1.54) is 31.5 Å². The Hall–Kier alpha value is -2.67. The van der Waals surface area contributed by atoms with E-state index < -0.39 is 5.91 Å². The van der Waals surface area contributed by atoms with Crippen LogP contribution in [0, 0.1) is 0 Å². The Kier molecular flexibility index (Phi) is 4.94. The second-order valence-electron chi connectivity index (χ2n) is 6.73.